The molecule has 1 aliphatic heterocycles. The van der Waals surface area contributed by atoms with Crippen LogP contribution in [0.1, 0.15) is 31.7 Å². The lowest BCUT2D eigenvalue weighted by molar-refractivity contribution is -0.119. The summed E-state index contributed by atoms with van der Waals surface area (Å²) < 4.78 is 5.77. The van der Waals surface area contributed by atoms with Gasteiger partial charge in [-0.1, -0.05) is 0 Å². The second-order valence-electron chi connectivity index (χ2n) is 6.17. The Balaban J connectivity index is 1.48. The molecule has 2 aromatic rings. The van der Waals surface area contributed by atoms with Crippen LogP contribution < -0.4 is 15.0 Å². The molecule has 0 bridgehead atoms. The number of pyridine rings is 1. The molecule has 2 amide bonds. The number of rotatable bonds is 7. The quantitative estimate of drug-likeness (QED) is 0.776. The van der Waals surface area contributed by atoms with E-state index in [0.717, 1.165) is 29.1 Å². The van der Waals surface area contributed by atoms with E-state index < -0.39 is 0 Å². The molecule has 3 rings (SSSR count). The van der Waals surface area contributed by atoms with Gasteiger partial charge in [0.1, 0.15) is 5.75 Å². The highest BCUT2D eigenvalue weighted by molar-refractivity contribution is 5.94. The fourth-order valence-corrected chi connectivity index (χ4v) is 3.01. The van der Waals surface area contributed by atoms with Crippen molar-refractivity contribution in [3.05, 3.63) is 48.3 Å². The molecule has 6 nitrogen and oxygen atoms in total. The van der Waals surface area contributed by atoms with E-state index in [0.29, 0.717) is 32.4 Å². The molecule has 26 heavy (non-hydrogen) atoms. The molecule has 6 heteroatoms. The molecular weight excluding hydrogens is 330 g/mol. The maximum atomic E-state index is 12.4. The summed E-state index contributed by atoms with van der Waals surface area (Å²) in [7, 11) is 0. The van der Waals surface area contributed by atoms with Crippen molar-refractivity contribution in [2.24, 2.45) is 0 Å². The zero-order chi connectivity index (χ0) is 18.4. The van der Waals surface area contributed by atoms with Gasteiger partial charge in [0.25, 0.3) is 0 Å². The van der Waals surface area contributed by atoms with E-state index in [1.165, 1.54) is 0 Å². The molecule has 1 aromatic heterocycles. The maximum absolute atomic E-state index is 12.4. The van der Waals surface area contributed by atoms with E-state index in [2.05, 4.69) is 10.3 Å². The summed E-state index contributed by atoms with van der Waals surface area (Å²) in [5, 5.41) is 2.85. The molecular formula is C20H23N3O3. The summed E-state index contributed by atoms with van der Waals surface area (Å²) in [6.45, 7) is 3.04. The number of carbonyl (C=O) groups excluding carboxylic acids is 2. The van der Waals surface area contributed by atoms with E-state index >= 15 is 0 Å². The molecule has 0 fully saturated rings. The van der Waals surface area contributed by atoms with Crippen LogP contribution in [-0.2, 0) is 16.0 Å². The fraction of sp³-hybridized carbons (Fsp3) is 0.350. The van der Waals surface area contributed by atoms with Gasteiger partial charge in [0.15, 0.2) is 0 Å². The Morgan fingerprint density at radius 3 is 2.96 bits per heavy atom. The van der Waals surface area contributed by atoms with Crippen molar-refractivity contribution >= 4 is 23.2 Å². The van der Waals surface area contributed by atoms with Crippen LogP contribution in [0.4, 0.5) is 11.4 Å². The smallest absolute Gasteiger partial charge is 0.227 e. The second-order valence-corrected chi connectivity index (χ2v) is 6.17. The Hall–Kier alpha value is -2.89. The van der Waals surface area contributed by atoms with Crippen LogP contribution in [0.25, 0.3) is 0 Å². The number of aryl methyl sites for hydroxylation is 1. The highest BCUT2D eigenvalue weighted by Gasteiger charge is 2.16. The number of ether oxygens (including phenoxy) is 1. The lowest BCUT2D eigenvalue weighted by Gasteiger charge is -2.20. The van der Waals surface area contributed by atoms with E-state index in [1.807, 2.05) is 37.3 Å². The van der Waals surface area contributed by atoms with Gasteiger partial charge in [-0.2, -0.15) is 0 Å². The lowest BCUT2D eigenvalue weighted by atomic mass is 10.0. The third-order valence-electron chi connectivity index (χ3n) is 4.35. The van der Waals surface area contributed by atoms with Gasteiger partial charge in [0.2, 0.25) is 11.8 Å². The lowest BCUT2D eigenvalue weighted by Crippen LogP contribution is -2.30. The van der Waals surface area contributed by atoms with Gasteiger partial charge in [-0.3, -0.25) is 14.6 Å². The van der Waals surface area contributed by atoms with Crippen LogP contribution in [0, 0.1) is 0 Å². The Bertz CT molecular complexity index is 777. The topological polar surface area (TPSA) is 71.5 Å². The van der Waals surface area contributed by atoms with Crippen LogP contribution in [0.2, 0.25) is 0 Å². The Labute approximate surface area is 153 Å². The van der Waals surface area contributed by atoms with Crippen molar-refractivity contribution in [2.45, 2.75) is 32.6 Å². The molecule has 1 N–H and O–H groups in total. The number of aromatic nitrogens is 1. The van der Waals surface area contributed by atoms with E-state index in [4.69, 9.17) is 4.74 Å². The van der Waals surface area contributed by atoms with Gasteiger partial charge >= 0.3 is 0 Å². The first kappa shape index (κ1) is 17.9. The molecule has 0 saturated heterocycles. The molecule has 1 aliphatic rings. The van der Waals surface area contributed by atoms with Gasteiger partial charge in [-0.05, 0) is 55.7 Å². The molecule has 0 atom stereocenters. The van der Waals surface area contributed by atoms with Gasteiger partial charge in [-0.15, -0.1) is 0 Å². The van der Waals surface area contributed by atoms with Crippen molar-refractivity contribution < 1.29 is 14.3 Å². The van der Waals surface area contributed by atoms with Crippen molar-refractivity contribution in [3.63, 3.8) is 0 Å². The number of carbonyl (C=O) groups is 2. The summed E-state index contributed by atoms with van der Waals surface area (Å²) in [4.78, 5) is 29.6. The molecule has 1 aromatic carbocycles. The maximum Gasteiger partial charge on any atom is 0.227 e. The third-order valence-corrected chi connectivity index (χ3v) is 4.35. The van der Waals surface area contributed by atoms with Crippen molar-refractivity contribution in [3.8, 4) is 5.75 Å². The van der Waals surface area contributed by atoms with Crippen LogP contribution >= 0.6 is 0 Å². The van der Waals surface area contributed by atoms with Gasteiger partial charge < -0.3 is 15.0 Å². The largest absolute Gasteiger partial charge is 0.494 e. The zero-order valence-electron chi connectivity index (χ0n) is 14.9. The van der Waals surface area contributed by atoms with E-state index in [9.17, 15) is 9.59 Å². The van der Waals surface area contributed by atoms with Crippen LogP contribution in [0.3, 0.4) is 0 Å². The van der Waals surface area contributed by atoms with E-state index in [-0.39, 0.29) is 11.8 Å². The minimum atomic E-state index is 0.0544. The molecule has 0 radical (unpaired) electrons. The number of hydrogen-bond acceptors (Lipinski definition) is 4. The Kier molecular flexibility index (Phi) is 5.84. The highest BCUT2D eigenvalue weighted by Crippen LogP contribution is 2.26. The Morgan fingerprint density at radius 2 is 2.19 bits per heavy atom. The average Bonchev–Trinajstić information content (AvgIpc) is 2.66. The fourth-order valence-electron chi connectivity index (χ4n) is 3.01. The monoisotopic (exact) mass is 353 g/mol. The molecule has 136 valence electrons. The van der Waals surface area contributed by atoms with E-state index in [1.54, 1.807) is 17.3 Å². The summed E-state index contributed by atoms with van der Waals surface area (Å²) in [5.74, 6) is 0.892. The Morgan fingerprint density at radius 1 is 1.31 bits per heavy atom. The summed E-state index contributed by atoms with van der Waals surface area (Å²) in [6.07, 6.45) is 5.69. The van der Waals surface area contributed by atoms with Crippen molar-refractivity contribution in [1.29, 1.82) is 0 Å². The standard InChI is InChI=1S/C20H23N3O3/c1-2-23(16-5-3-11-21-14-16)20(25)6-4-12-26-17-8-9-18-15(13-17)7-10-19(24)22-18/h3,5,8-9,11,13-14H,2,4,6-7,10,12H2,1H3,(H,22,24). The van der Waals surface area contributed by atoms with Gasteiger partial charge in [-0.25, -0.2) is 0 Å². The van der Waals surface area contributed by atoms with Gasteiger partial charge in [0.05, 0.1) is 18.5 Å². The first-order valence-corrected chi connectivity index (χ1v) is 8.93. The summed E-state index contributed by atoms with van der Waals surface area (Å²) in [6, 6.07) is 9.39. The molecule has 2 heterocycles. The molecule has 0 aliphatic carbocycles. The number of nitrogens with one attached hydrogen (secondary N) is 1. The number of anilines is 2. The predicted molar refractivity (Wildman–Crippen MR) is 100 cm³/mol. The molecule has 0 spiro atoms. The number of fused-ring (bicyclic) bond motifs is 1. The van der Waals surface area contributed by atoms with Crippen molar-refractivity contribution in [1.82, 2.24) is 4.98 Å². The number of nitrogens with zero attached hydrogens (tertiary/aromatic N) is 2. The second kappa shape index (κ2) is 8.47. The van der Waals surface area contributed by atoms with Gasteiger partial charge in [0, 0.05) is 31.3 Å². The number of hydrogen-bond donors (Lipinski definition) is 1. The van der Waals surface area contributed by atoms with Crippen LogP contribution in [0.15, 0.2) is 42.7 Å². The summed E-state index contributed by atoms with van der Waals surface area (Å²) >= 11 is 0. The van der Waals surface area contributed by atoms with Crippen LogP contribution in [-0.4, -0.2) is 29.9 Å². The first-order valence-electron chi connectivity index (χ1n) is 8.93. The average molecular weight is 353 g/mol. The normalized spacial score (nSPS) is 12.9. The minimum absolute atomic E-state index is 0.0544. The predicted octanol–water partition coefficient (Wildman–Crippen LogP) is 3.18. The summed E-state index contributed by atoms with van der Waals surface area (Å²) in [5.41, 5.74) is 2.77. The van der Waals surface area contributed by atoms with Crippen LogP contribution in [0.5, 0.6) is 5.75 Å². The first-order chi connectivity index (χ1) is 12.7. The zero-order valence-corrected chi connectivity index (χ0v) is 14.9. The molecule has 0 unspecified atom stereocenters. The highest BCUT2D eigenvalue weighted by atomic mass is 16.5. The number of benzene rings is 1. The SMILES string of the molecule is CCN(C(=O)CCCOc1ccc2c(c1)CCC(=O)N2)c1cccnc1. The van der Waals surface area contributed by atoms with Crippen molar-refractivity contribution in [2.75, 3.05) is 23.4 Å². The third kappa shape index (κ3) is 4.39. The number of amides is 2. The minimum Gasteiger partial charge on any atom is -0.494 e. The molecule has 0 saturated carbocycles.